The summed E-state index contributed by atoms with van der Waals surface area (Å²) < 4.78 is 1.01. The van der Waals surface area contributed by atoms with Gasteiger partial charge in [0, 0.05) is 46.8 Å². The fraction of sp³-hybridized carbons (Fsp3) is 0.444. The van der Waals surface area contributed by atoms with Crippen molar-refractivity contribution < 1.29 is 4.79 Å². The molecule has 0 aliphatic carbocycles. The molecule has 4 nitrogen and oxygen atoms in total. The van der Waals surface area contributed by atoms with Crippen molar-refractivity contribution >= 4 is 38.4 Å². The second kappa shape index (κ2) is 6.87. The van der Waals surface area contributed by atoms with Crippen LogP contribution in [-0.4, -0.2) is 30.0 Å². The number of amides is 1. The second-order valence-electron chi connectivity index (χ2n) is 6.41. The molecule has 5 heteroatoms. The number of rotatable bonds is 3. The van der Waals surface area contributed by atoms with Gasteiger partial charge in [-0.25, -0.2) is 0 Å². The van der Waals surface area contributed by atoms with Gasteiger partial charge in [0.1, 0.15) is 0 Å². The zero-order valence-electron chi connectivity index (χ0n) is 13.6. The van der Waals surface area contributed by atoms with Crippen LogP contribution in [-0.2, 0) is 4.79 Å². The van der Waals surface area contributed by atoms with Crippen LogP contribution < -0.4 is 10.2 Å². The molecule has 122 valence electrons. The minimum atomic E-state index is 0.0306. The van der Waals surface area contributed by atoms with E-state index >= 15 is 0 Å². The summed E-state index contributed by atoms with van der Waals surface area (Å²) in [6.45, 7) is 5.73. The Morgan fingerprint density at radius 2 is 2.22 bits per heavy atom. The van der Waals surface area contributed by atoms with Crippen LogP contribution in [0.15, 0.2) is 34.9 Å². The standard InChI is InChI=1S/C18H22BrN3O/c1-12(2)18(23)21-13-5-4-10-22(11-13)16-8-9-20-17-14(16)6-3-7-15(17)19/h3,6-9,12-13H,4-5,10-11H2,1-2H3,(H,21,23). The van der Waals surface area contributed by atoms with Gasteiger partial charge in [0.2, 0.25) is 5.91 Å². The third kappa shape index (κ3) is 3.50. The first kappa shape index (κ1) is 16.2. The SMILES string of the molecule is CC(C)C(=O)NC1CCCN(c2ccnc3c(Br)cccc23)C1. The number of halogens is 1. The molecule has 3 rings (SSSR count). The first-order valence-electron chi connectivity index (χ1n) is 8.15. The van der Waals surface area contributed by atoms with E-state index in [1.807, 2.05) is 32.2 Å². The predicted molar refractivity (Wildman–Crippen MR) is 97.7 cm³/mol. The van der Waals surface area contributed by atoms with E-state index in [1.165, 1.54) is 5.69 Å². The maximum absolute atomic E-state index is 12.0. The first-order valence-corrected chi connectivity index (χ1v) is 8.94. The van der Waals surface area contributed by atoms with Crippen LogP contribution in [0.1, 0.15) is 26.7 Å². The fourth-order valence-electron chi connectivity index (χ4n) is 3.08. The lowest BCUT2D eigenvalue weighted by Gasteiger charge is -2.35. The number of hydrogen-bond acceptors (Lipinski definition) is 3. The summed E-state index contributed by atoms with van der Waals surface area (Å²) in [7, 11) is 0. The van der Waals surface area contributed by atoms with Gasteiger partial charge in [-0.05, 0) is 40.9 Å². The molecular formula is C18H22BrN3O. The van der Waals surface area contributed by atoms with E-state index in [9.17, 15) is 4.79 Å². The van der Waals surface area contributed by atoms with Crippen LogP contribution >= 0.6 is 15.9 Å². The number of carbonyl (C=O) groups excluding carboxylic acids is 1. The van der Waals surface area contributed by atoms with Crippen molar-refractivity contribution in [1.82, 2.24) is 10.3 Å². The predicted octanol–water partition coefficient (Wildman–Crippen LogP) is 3.74. The molecule has 0 radical (unpaired) electrons. The van der Waals surface area contributed by atoms with E-state index < -0.39 is 0 Å². The Hall–Kier alpha value is -1.62. The molecule has 1 atom stereocenters. The van der Waals surface area contributed by atoms with E-state index in [0.29, 0.717) is 0 Å². The topological polar surface area (TPSA) is 45.2 Å². The van der Waals surface area contributed by atoms with Crippen LogP contribution in [0.2, 0.25) is 0 Å². The Bertz CT molecular complexity index is 716. The van der Waals surface area contributed by atoms with Crippen molar-refractivity contribution in [2.75, 3.05) is 18.0 Å². The number of piperidine rings is 1. The van der Waals surface area contributed by atoms with Gasteiger partial charge >= 0.3 is 0 Å². The zero-order valence-corrected chi connectivity index (χ0v) is 15.1. The van der Waals surface area contributed by atoms with E-state index in [2.05, 4.69) is 43.3 Å². The van der Waals surface area contributed by atoms with Gasteiger partial charge in [0.25, 0.3) is 0 Å². The monoisotopic (exact) mass is 375 g/mol. The molecule has 1 N–H and O–H groups in total. The summed E-state index contributed by atoms with van der Waals surface area (Å²) in [5.41, 5.74) is 2.18. The summed E-state index contributed by atoms with van der Waals surface area (Å²) in [6, 6.07) is 8.45. The number of benzene rings is 1. The minimum Gasteiger partial charge on any atom is -0.369 e. The highest BCUT2D eigenvalue weighted by Gasteiger charge is 2.23. The van der Waals surface area contributed by atoms with Crippen LogP contribution in [0.25, 0.3) is 10.9 Å². The van der Waals surface area contributed by atoms with Crippen molar-refractivity contribution in [2.45, 2.75) is 32.7 Å². The molecule has 1 aliphatic heterocycles. The largest absolute Gasteiger partial charge is 0.369 e. The van der Waals surface area contributed by atoms with Crippen LogP contribution in [0, 0.1) is 5.92 Å². The maximum atomic E-state index is 12.0. The molecular weight excluding hydrogens is 354 g/mol. The fourth-order valence-corrected chi connectivity index (χ4v) is 3.55. The van der Waals surface area contributed by atoms with Crippen molar-refractivity contribution in [3.8, 4) is 0 Å². The van der Waals surface area contributed by atoms with Gasteiger partial charge in [-0.2, -0.15) is 0 Å². The van der Waals surface area contributed by atoms with E-state index in [1.54, 1.807) is 0 Å². The zero-order chi connectivity index (χ0) is 16.4. The lowest BCUT2D eigenvalue weighted by molar-refractivity contribution is -0.124. The number of fused-ring (bicyclic) bond motifs is 1. The Labute approximate surface area is 145 Å². The van der Waals surface area contributed by atoms with Gasteiger partial charge in [0.15, 0.2) is 0 Å². The molecule has 2 heterocycles. The first-order chi connectivity index (χ1) is 11.1. The molecule has 1 saturated heterocycles. The van der Waals surface area contributed by atoms with Crippen LogP contribution in [0.5, 0.6) is 0 Å². The lowest BCUT2D eigenvalue weighted by Crippen LogP contribution is -2.48. The summed E-state index contributed by atoms with van der Waals surface area (Å²) in [4.78, 5) is 18.8. The molecule has 1 aliphatic rings. The highest BCUT2D eigenvalue weighted by molar-refractivity contribution is 9.10. The Kier molecular flexibility index (Phi) is 4.85. The van der Waals surface area contributed by atoms with Gasteiger partial charge < -0.3 is 10.2 Å². The van der Waals surface area contributed by atoms with Gasteiger partial charge in [0.05, 0.1) is 5.52 Å². The smallest absolute Gasteiger partial charge is 0.222 e. The van der Waals surface area contributed by atoms with Crippen molar-refractivity contribution in [1.29, 1.82) is 0 Å². The highest BCUT2D eigenvalue weighted by atomic mass is 79.9. The number of anilines is 1. The minimum absolute atomic E-state index is 0.0306. The third-order valence-electron chi connectivity index (χ3n) is 4.33. The van der Waals surface area contributed by atoms with E-state index in [0.717, 1.165) is 41.3 Å². The van der Waals surface area contributed by atoms with Gasteiger partial charge in [-0.1, -0.05) is 26.0 Å². The second-order valence-corrected chi connectivity index (χ2v) is 7.27. The quantitative estimate of drug-likeness (QED) is 0.888. The summed E-state index contributed by atoms with van der Waals surface area (Å²) in [5.74, 6) is 0.169. The van der Waals surface area contributed by atoms with Crippen LogP contribution in [0.3, 0.4) is 0 Å². The summed E-state index contributed by atoms with van der Waals surface area (Å²) in [6.07, 6.45) is 3.99. The highest BCUT2D eigenvalue weighted by Crippen LogP contribution is 2.31. The normalized spacial score (nSPS) is 18.4. The summed E-state index contributed by atoms with van der Waals surface area (Å²) >= 11 is 3.58. The average Bonchev–Trinajstić information content (AvgIpc) is 2.55. The molecule has 1 unspecified atom stereocenters. The van der Waals surface area contributed by atoms with E-state index in [-0.39, 0.29) is 17.9 Å². The number of nitrogens with zero attached hydrogens (tertiary/aromatic N) is 2. The van der Waals surface area contributed by atoms with Crippen LogP contribution in [0.4, 0.5) is 5.69 Å². The Morgan fingerprint density at radius 3 is 3.00 bits per heavy atom. The number of pyridine rings is 1. The average molecular weight is 376 g/mol. The summed E-state index contributed by atoms with van der Waals surface area (Å²) in [5, 5.41) is 4.32. The molecule has 0 spiro atoms. The number of para-hydroxylation sites is 1. The van der Waals surface area contributed by atoms with Crippen molar-refractivity contribution in [3.63, 3.8) is 0 Å². The molecule has 0 saturated carbocycles. The molecule has 23 heavy (non-hydrogen) atoms. The number of nitrogens with one attached hydrogen (secondary N) is 1. The number of aromatic nitrogens is 1. The van der Waals surface area contributed by atoms with Crippen molar-refractivity contribution in [2.24, 2.45) is 5.92 Å². The molecule has 1 aromatic carbocycles. The molecule has 1 fully saturated rings. The third-order valence-corrected chi connectivity index (χ3v) is 4.97. The van der Waals surface area contributed by atoms with Gasteiger partial charge in [-0.3, -0.25) is 9.78 Å². The Morgan fingerprint density at radius 1 is 1.39 bits per heavy atom. The molecule has 2 aromatic rings. The molecule has 1 aromatic heterocycles. The molecule has 1 amide bonds. The maximum Gasteiger partial charge on any atom is 0.222 e. The van der Waals surface area contributed by atoms with E-state index in [4.69, 9.17) is 0 Å². The molecule has 0 bridgehead atoms. The Balaban J connectivity index is 1.84. The van der Waals surface area contributed by atoms with Gasteiger partial charge in [-0.15, -0.1) is 0 Å². The number of hydrogen-bond donors (Lipinski definition) is 1. The lowest BCUT2D eigenvalue weighted by atomic mass is 10.0. The van der Waals surface area contributed by atoms with Crippen molar-refractivity contribution in [3.05, 3.63) is 34.9 Å². The number of carbonyl (C=O) groups is 1.